The Morgan fingerprint density at radius 3 is 2.33 bits per heavy atom. The Labute approximate surface area is 110 Å². The monoisotopic (exact) mass is 253 g/mol. The molecule has 0 spiro atoms. The van der Waals surface area contributed by atoms with E-state index < -0.39 is 0 Å². The molecule has 0 aliphatic carbocycles. The molecule has 5 heteroatoms. The fourth-order valence-electron chi connectivity index (χ4n) is 1.86. The number of hydrogen-bond acceptors (Lipinski definition) is 4. The van der Waals surface area contributed by atoms with Crippen molar-refractivity contribution in [2.75, 3.05) is 13.1 Å². The summed E-state index contributed by atoms with van der Waals surface area (Å²) in [6, 6.07) is 0. The van der Waals surface area contributed by atoms with Gasteiger partial charge in [-0.25, -0.2) is 0 Å². The fraction of sp³-hybridized carbons (Fsp3) is 0.923. The molecule has 1 aromatic heterocycles. The Morgan fingerprint density at radius 2 is 1.89 bits per heavy atom. The van der Waals surface area contributed by atoms with E-state index in [9.17, 15) is 0 Å². The summed E-state index contributed by atoms with van der Waals surface area (Å²) >= 11 is 0. The number of aromatic nitrogens is 4. The maximum absolute atomic E-state index is 4.27. The van der Waals surface area contributed by atoms with Gasteiger partial charge in [0.2, 0.25) is 0 Å². The van der Waals surface area contributed by atoms with Crippen molar-refractivity contribution in [2.24, 2.45) is 24.3 Å². The molecular formula is C13H27N5. The van der Waals surface area contributed by atoms with E-state index in [0.29, 0.717) is 11.8 Å². The Kier molecular flexibility index (Phi) is 5.26. The van der Waals surface area contributed by atoms with Crippen LogP contribution in [0.3, 0.4) is 0 Å². The van der Waals surface area contributed by atoms with Crippen LogP contribution < -0.4 is 5.32 Å². The molecule has 5 nitrogen and oxygen atoms in total. The lowest BCUT2D eigenvalue weighted by Gasteiger charge is -2.30. The van der Waals surface area contributed by atoms with Gasteiger partial charge in [-0.05, 0) is 35.6 Å². The van der Waals surface area contributed by atoms with Crippen LogP contribution in [0.1, 0.15) is 40.4 Å². The highest BCUT2D eigenvalue weighted by molar-refractivity contribution is 4.87. The van der Waals surface area contributed by atoms with Crippen LogP contribution in [0.25, 0.3) is 0 Å². The highest BCUT2D eigenvalue weighted by Gasteiger charge is 2.26. The van der Waals surface area contributed by atoms with Crippen molar-refractivity contribution in [1.82, 2.24) is 25.5 Å². The highest BCUT2D eigenvalue weighted by Crippen LogP contribution is 2.27. The second kappa shape index (κ2) is 6.27. The molecule has 18 heavy (non-hydrogen) atoms. The second-order valence-electron chi connectivity index (χ2n) is 6.51. The Hall–Kier alpha value is -0.970. The fourth-order valence-corrected chi connectivity index (χ4v) is 1.86. The van der Waals surface area contributed by atoms with Gasteiger partial charge in [-0.1, -0.05) is 34.6 Å². The maximum Gasteiger partial charge on any atom is 0.175 e. The van der Waals surface area contributed by atoms with E-state index in [1.807, 2.05) is 0 Å². The maximum atomic E-state index is 4.27. The van der Waals surface area contributed by atoms with Gasteiger partial charge < -0.3 is 5.32 Å². The smallest absolute Gasteiger partial charge is 0.175 e. The van der Waals surface area contributed by atoms with E-state index in [0.717, 1.165) is 25.3 Å². The number of hydrogen-bond donors (Lipinski definition) is 1. The molecule has 0 saturated carbocycles. The van der Waals surface area contributed by atoms with Crippen molar-refractivity contribution >= 4 is 0 Å². The van der Waals surface area contributed by atoms with Crippen molar-refractivity contribution in [3.05, 3.63) is 5.82 Å². The van der Waals surface area contributed by atoms with Gasteiger partial charge in [-0.2, -0.15) is 4.80 Å². The average molecular weight is 253 g/mol. The molecule has 1 heterocycles. The molecule has 1 unspecified atom stereocenters. The zero-order chi connectivity index (χ0) is 13.8. The summed E-state index contributed by atoms with van der Waals surface area (Å²) in [6.07, 6.45) is 0.877. The summed E-state index contributed by atoms with van der Waals surface area (Å²) in [4.78, 5) is 1.52. The summed E-state index contributed by atoms with van der Waals surface area (Å²) in [5.41, 5.74) is 0.239. The first-order valence-corrected chi connectivity index (χ1v) is 6.72. The lowest BCUT2D eigenvalue weighted by Crippen LogP contribution is -2.35. The van der Waals surface area contributed by atoms with Crippen molar-refractivity contribution < 1.29 is 0 Å². The molecule has 1 N–H and O–H groups in total. The Morgan fingerprint density at radius 1 is 1.22 bits per heavy atom. The van der Waals surface area contributed by atoms with E-state index in [1.165, 1.54) is 4.80 Å². The zero-order valence-electron chi connectivity index (χ0n) is 12.6. The number of nitrogens with zero attached hydrogens (tertiary/aromatic N) is 4. The van der Waals surface area contributed by atoms with Gasteiger partial charge in [0, 0.05) is 6.42 Å². The quantitative estimate of drug-likeness (QED) is 0.837. The molecule has 0 radical (unpaired) electrons. The zero-order valence-corrected chi connectivity index (χ0v) is 12.6. The molecule has 0 aliphatic heterocycles. The standard InChI is InChI=1S/C13H27N5/c1-10(2)8-14-9-11(13(3,4)5)7-12-15-17-18(6)16-12/h10-11,14H,7-9H2,1-6H3. The molecule has 1 aromatic rings. The van der Waals surface area contributed by atoms with Crippen LogP contribution in [0, 0.1) is 17.3 Å². The van der Waals surface area contributed by atoms with E-state index in [-0.39, 0.29) is 5.41 Å². The minimum absolute atomic E-state index is 0.239. The minimum atomic E-state index is 0.239. The van der Waals surface area contributed by atoms with Crippen LogP contribution >= 0.6 is 0 Å². The summed E-state index contributed by atoms with van der Waals surface area (Å²) in [5.74, 6) is 2.03. The first-order chi connectivity index (χ1) is 8.29. The third-order valence-electron chi connectivity index (χ3n) is 3.15. The molecule has 0 saturated heterocycles. The largest absolute Gasteiger partial charge is 0.316 e. The van der Waals surface area contributed by atoms with E-state index in [2.05, 4.69) is 55.3 Å². The summed E-state index contributed by atoms with van der Waals surface area (Å²) in [5, 5.41) is 15.8. The van der Waals surface area contributed by atoms with Crippen LogP contribution in [0.2, 0.25) is 0 Å². The summed E-state index contributed by atoms with van der Waals surface area (Å²) in [6.45, 7) is 13.3. The number of nitrogens with one attached hydrogen (secondary N) is 1. The first-order valence-electron chi connectivity index (χ1n) is 6.72. The van der Waals surface area contributed by atoms with Crippen LogP contribution in [-0.2, 0) is 13.5 Å². The van der Waals surface area contributed by atoms with E-state index in [4.69, 9.17) is 0 Å². The van der Waals surface area contributed by atoms with Crippen LogP contribution in [0.5, 0.6) is 0 Å². The van der Waals surface area contributed by atoms with Gasteiger partial charge in [0.15, 0.2) is 5.82 Å². The SMILES string of the molecule is CC(C)CNCC(Cc1nnn(C)n1)C(C)(C)C. The third-order valence-corrected chi connectivity index (χ3v) is 3.15. The topological polar surface area (TPSA) is 55.6 Å². The van der Waals surface area contributed by atoms with Gasteiger partial charge in [-0.15, -0.1) is 10.2 Å². The normalized spacial score (nSPS) is 14.2. The van der Waals surface area contributed by atoms with Gasteiger partial charge >= 0.3 is 0 Å². The van der Waals surface area contributed by atoms with Crippen molar-refractivity contribution in [1.29, 1.82) is 0 Å². The summed E-state index contributed by atoms with van der Waals surface area (Å²) in [7, 11) is 1.81. The average Bonchev–Trinajstić information content (AvgIpc) is 2.60. The van der Waals surface area contributed by atoms with Gasteiger partial charge in [-0.3, -0.25) is 0 Å². The summed E-state index contributed by atoms with van der Waals surface area (Å²) < 4.78 is 0. The predicted molar refractivity (Wildman–Crippen MR) is 73.2 cm³/mol. The minimum Gasteiger partial charge on any atom is -0.316 e. The molecule has 1 atom stereocenters. The van der Waals surface area contributed by atoms with E-state index in [1.54, 1.807) is 7.05 Å². The predicted octanol–water partition coefficient (Wildman–Crippen LogP) is 1.66. The van der Waals surface area contributed by atoms with Crippen molar-refractivity contribution in [3.8, 4) is 0 Å². The second-order valence-corrected chi connectivity index (χ2v) is 6.51. The lowest BCUT2D eigenvalue weighted by atomic mass is 9.78. The molecule has 0 aliphatic rings. The molecule has 0 aromatic carbocycles. The number of rotatable bonds is 6. The van der Waals surface area contributed by atoms with Gasteiger partial charge in [0.25, 0.3) is 0 Å². The van der Waals surface area contributed by atoms with Crippen LogP contribution in [0.4, 0.5) is 0 Å². The van der Waals surface area contributed by atoms with Crippen molar-refractivity contribution in [3.63, 3.8) is 0 Å². The third kappa shape index (κ3) is 5.12. The van der Waals surface area contributed by atoms with Crippen LogP contribution in [0.15, 0.2) is 0 Å². The van der Waals surface area contributed by atoms with Gasteiger partial charge in [0.1, 0.15) is 0 Å². The van der Waals surface area contributed by atoms with Crippen LogP contribution in [-0.4, -0.2) is 33.3 Å². The molecular weight excluding hydrogens is 226 g/mol. The van der Waals surface area contributed by atoms with Crippen molar-refractivity contribution in [2.45, 2.75) is 41.0 Å². The molecule has 0 bridgehead atoms. The first kappa shape index (κ1) is 15.1. The molecule has 0 amide bonds. The molecule has 0 fully saturated rings. The molecule has 104 valence electrons. The molecule has 1 rings (SSSR count). The number of aryl methyl sites for hydroxylation is 1. The lowest BCUT2D eigenvalue weighted by molar-refractivity contribution is 0.225. The highest BCUT2D eigenvalue weighted by atomic mass is 15.6. The van der Waals surface area contributed by atoms with Gasteiger partial charge in [0.05, 0.1) is 7.05 Å². The Bertz CT molecular complexity index is 351. The van der Waals surface area contributed by atoms with E-state index >= 15 is 0 Å². The Balaban J connectivity index is 2.56. The number of tetrazole rings is 1.